The molecule has 0 radical (unpaired) electrons. The predicted molar refractivity (Wildman–Crippen MR) is 106 cm³/mol. The molecule has 0 saturated heterocycles. The lowest BCUT2D eigenvalue weighted by molar-refractivity contribution is 0.102. The van der Waals surface area contributed by atoms with Crippen LogP contribution in [0.3, 0.4) is 0 Å². The van der Waals surface area contributed by atoms with E-state index in [-0.39, 0.29) is 11.6 Å². The van der Waals surface area contributed by atoms with Gasteiger partial charge < -0.3 is 25.0 Å². The van der Waals surface area contributed by atoms with Gasteiger partial charge in [-0.15, -0.1) is 0 Å². The van der Waals surface area contributed by atoms with Crippen LogP contribution in [0, 0.1) is 6.92 Å². The van der Waals surface area contributed by atoms with E-state index in [4.69, 9.17) is 9.47 Å². The van der Waals surface area contributed by atoms with Crippen molar-refractivity contribution in [3.8, 4) is 11.5 Å². The summed E-state index contributed by atoms with van der Waals surface area (Å²) in [5.41, 5.74) is 0.793. The monoisotopic (exact) mass is 373 g/mol. The number of nitrogens with one attached hydrogen (secondary N) is 2. The lowest BCUT2D eigenvalue weighted by Gasteiger charge is -2.13. The number of aryl methyl sites for hydroxylation is 1. The number of aromatic nitrogens is 2. The zero-order valence-electron chi connectivity index (χ0n) is 16.5. The minimum absolute atomic E-state index is 0.280. The maximum absolute atomic E-state index is 12.7. The average Bonchev–Trinajstić information content (AvgIpc) is 2.64. The predicted octanol–water partition coefficient (Wildman–Crippen LogP) is 2.42. The molecule has 1 amide bonds. The summed E-state index contributed by atoms with van der Waals surface area (Å²) in [6.07, 6.45) is 0.971. The van der Waals surface area contributed by atoms with Gasteiger partial charge in [0, 0.05) is 18.7 Å². The van der Waals surface area contributed by atoms with E-state index in [1.54, 1.807) is 45.4 Å². The van der Waals surface area contributed by atoms with Crippen molar-refractivity contribution in [2.24, 2.45) is 0 Å². The summed E-state index contributed by atoms with van der Waals surface area (Å²) in [6, 6.07) is 6.84. The van der Waals surface area contributed by atoms with Crippen LogP contribution in [0.1, 0.15) is 22.7 Å². The van der Waals surface area contributed by atoms with Crippen molar-refractivity contribution in [1.29, 1.82) is 0 Å². The maximum atomic E-state index is 12.7. The highest BCUT2D eigenvalue weighted by atomic mass is 16.5. The highest BCUT2D eigenvalue weighted by Gasteiger charge is 2.14. The molecular formula is C19H27N5O3. The summed E-state index contributed by atoms with van der Waals surface area (Å²) in [4.78, 5) is 23.4. The van der Waals surface area contributed by atoms with Gasteiger partial charge in [0.1, 0.15) is 28.8 Å². The maximum Gasteiger partial charge on any atom is 0.274 e. The fourth-order valence-corrected chi connectivity index (χ4v) is 2.48. The van der Waals surface area contributed by atoms with Gasteiger partial charge in [0.15, 0.2) is 0 Å². The first-order chi connectivity index (χ1) is 12.9. The molecule has 0 atom stereocenters. The topological polar surface area (TPSA) is 88.6 Å². The van der Waals surface area contributed by atoms with Crippen LogP contribution in [0.4, 0.5) is 11.5 Å². The van der Waals surface area contributed by atoms with Crippen LogP contribution >= 0.6 is 0 Å². The van der Waals surface area contributed by atoms with Crippen LogP contribution < -0.4 is 20.1 Å². The van der Waals surface area contributed by atoms with Crippen molar-refractivity contribution in [2.75, 3.05) is 52.0 Å². The first-order valence-corrected chi connectivity index (χ1v) is 8.70. The molecular weight excluding hydrogens is 346 g/mol. The number of hydrogen-bond acceptors (Lipinski definition) is 7. The van der Waals surface area contributed by atoms with E-state index in [1.807, 2.05) is 14.1 Å². The molecule has 2 rings (SSSR count). The molecule has 146 valence electrons. The summed E-state index contributed by atoms with van der Waals surface area (Å²) in [5.74, 6) is 1.97. The summed E-state index contributed by atoms with van der Waals surface area (Å²) in [7, 11) is 7.17. The normalized spacial score (nSPS) is 10.6. The molecule has 2 N–H and O–H groups in total. The third-order valence-electron chi connectivity index (χ3n) is 3.81. The number of nitrogens with zero attached hydrogens (tertiary/aromatic N) is 3. The Bertz CT molecular complexity index is 780. The van der Waals surface area contributed by atoms with Gasteiger partial charge in [-0.1, -0.05) is 0 Å². The van der Waals surface area contributed by atoms with E-state index >= 15 is 0 Å². The van der Waals surface area contributed by atoms with Gasteiger partial charge >= 0.3 is 0 Å². The Morgan fingerprint density at radius 2 is 1.93 bits per heavy atom. The van der Waals surface area contributed by atoms with E-state index < -0.39 is 0 Å². The van der Waals surface area contributed by atoms with Gasteiger partial charge in [0.2, 0.25) is 0 Å². The Hall–Kier alpha value is -2.87. The molecule has 0 aliphatic heterocycles. The Morgan fingerprint density at radius 3 is 2.59 bits per heavy atom. The molecule has 0 saturated carbocycles. The van der Waals surface area contributed by atoms with Gasteiger partial charge in [-0.05, 0) is 46.1 Å². The molecule has 1 aromatic carbocycles. The smallest absolute Gasteiger partial charge is 0.274 e. The molecule has 27 heavy (non-hydrogen) atoms. The number of anilines is 2. The van der Waals surface area contributed by atoms with Crippen LogP contribution in [0.2, 0.25) is 0 Å². The highest BCUT2D eigenvalue weighted by molar-refractivity contribution is 6.04. The molecule has 0 aliphatic rings. The van der Waals surface area contributed by atoms with Crippen LogP contribution in [0.25, 0.3) is 0 Å². The quantitative estimate of drug-likeness (QED) is 0.653. The van der Waals surface area contributed by atoms with Crippen LogP contribution in [0.15, 0.2) is 24.3 Å². The number of ether oxygens (including phenoxy) is 2. The van der Waals surface area contributed by atoms with Crippen LogP contribution in [-0.2, 0) is 0 Å². The number of benzene rings is 1. The molecule has 0 bridgehead atoms. The molecule has 0 unspecified atom stereocenters. The van der Waals surface area contributed by atoms with E-state index in [0.717, 1.165) is 19.5 Å². The molecule has 0 spiro atoms. The Kier molecular flexibility index (Phi) is 7.36. The number of methoxy groups -OCH3 is 2. The van der Waals surface area contributed by atoms with Crippen molar-refractivity contribution in [3.05, 3.63) is 35.8 Å². The Morgan fingerprint density at radius 1 is 1.15 bits per heavy atom. The third-order valence-corrected chi connectivity index (χ3v) is 3.81. The van der Waals surface area contributed by atoms with Crippen LogP contribution in [0.5, 0.6) is 11.5 Å². The van der Waals surface area contributed by atoms with Gasteiger partial charge in [-0.2, -0.15) is 0 Å². The summed E-state index contributed by atoms with van der Waals surface area (Å²) < 4.78 is 10.5. The zero-order valence-corrected chi connectivity index (χ0v) is 16.5. The van der Waals surface area contributed by atoms with Gasteiger partial charge in [0.05, 0.1) is 19.9 Å². The first-order valence-electron chi connectivity index (χ1n) is 8.70. The van der Waals surface area contributed by atoms with Crippen molar-refractivity contribution in [3.63, 3.8) is 0 Å². The number of rotatable bonds is 9. The van der Waals surface area contributed by atoms with Crippen molar-refractivity contribution >= 4 is 17.4 Å². The largest absolute Gasteiger partial charge is 0.497 e. The van der Waals surface area contributed by atoms with Crippen molar-refractivity contribution < 1.29 is 14.3 Å². The van der Waals surface area contributed by atoms with E-state index in [9.17, 15) is 4.79 Å². The molecule has 8 nitrogen and oxygen atoms in total. The second-order valence-corrected chi connectivity index (χ2v) is 6.29. The molecule has 8 heteroatoms. The SMILES string of the molecule is COc1ccc(OC)c(NC(=O)c2cc(NCCCN(C)C)nc(C)n2)c1. The summed E-state index contributed by atoms with van der Waals surface area (Å²) in [6.45, 7) is 3.49. The Balaban J connectivity index is 2.12. The average molecular weight is 373 g/mol. The van der Waals surface area contributed by atoms with Gasteiger partial charge in [-0.25, -0.2) is 9.97 Å². The molecule has 2 aromatic rings. The summed E-state index contributed by atoms with van der Waals surface area (Å²) in [5, 5.41) is 6.06. The van der Waals surface area contributed by atoms with E-state index in [1.165, 1.54) is 0 Å². The Labute approximate surface area is 159 Å². The first kappa shape index (κ1) is 20.4. The fraction of sp³-hybridized carbons (Fsp3) is 0.421. The molecule has 0 aliphatic carbocycles. The van der Waals surface area contributed by atoms with Gasteiger partial charge in [0.25, 0.3) is 5.91 Å². The lowest BCUT2D eigenvalue weighted by atomic mass is 10.2. The number of amides is 1. The number of hydrogen-bond donors (Lipinski definition) is 2. The highest BCUT2D eigenvalue weighted by Crippen LogP contribution is 2.29. The lowest BCUT2D eigenvalue weighted by Crippen LogP contribution is -2.18. The second kappa shape index (κ2) is 9.72. The number of carbonyl (C=O) groups is 1. The standard InChI is InChI=1S/C19H27N5O3/c1-13-21-16(12-18(22-13)20-9-6-10-24(2)3)19(25)23-15-11-14(26-4)7-8-17(15)27-5/h7-8,11-12H,6,9-10H2,1-5H3,(H,23,25)(H,20,21,22). The third kappa shape index (κ3) is 6.10. The minimum atomic E-state index is -0.344. The second-order valence-electron chi connectivity index (χ2n) is 6.29. The zero-order chi connectivity index (χ0) is 19.8. The van der Waals surface area contributed by atoms with Crippen molar-refractivity contribution in [2.45, 2.75) is 13.3 Å². The van der Waals surface area contributed by atoms with E-state index in [0.29, 0.717) is 28.8 Å². The fourth-order valence-electron chi connectivity index (χ4n) is 2.48. The van der Waals surface area contributed by atoms with E-state index in [2.05, 4.69) is 25.5 Å². The minimum Gasteiger partial charge on any atom is -0.497 e. The van der Waals surface area contributed by atoms with Gasteiger partial charge in [-0.3, -0.25) is 4.79 Å². The molecule has 0 fully saturated rings. The van der Waals surface area contributed by atoms with Crippen LogP contribution in [-0.4, -0.2) is 62.2 Å². The van der Waals surface area contributed by atoms with Crippen molar-refractivity contribution in [1.82, 2.24) is 14.9 Å². The summed E-state index contributed by atoms with van der Waals surface area (Å²) >= 11 is 0. The molecule has 1 heterocycles. The number of carbonyl (C=O) groups excluding carboxylic acids is 1. The molecule has 1 aromatic heterocycles.